The van der Waals surface area contributed by atoms with Gasteiger partial charge in [0.25, 0.3) is 12.2 Å². The summed E-state index contributed by atoms with van der Waals surface area (Å²) < 4.78 is 212. The Bertz CT molecular complexity index is 2000. The fraction of sp³-hybridized carbons (Fsp3) is 0.429. The molecule has 14 nitrogen and oxygen atoms in total. The van der Waals surface area contributed by atoms with Crippen molar-refractivity contribution in [2.75, 3.05) is 13.2 Å². The van der Waals surface area contributed by atoms with Crippen LogP contribution in [0.15, 0.2) is 24.3 Å². The van der Waals surface area contributed by atoms with Crippen LogP contribution in [0.4, 0.5) is 43.9 Å². The van der Waals surface area contributed by atoms with Crippen molar-refractivity contribution in [3.8, 4) is 0 Å². The molecule has 33 heteroatoms. The van der Waals surface area contributed by atoms with E-state index < -0.39 is 118 Å². The van der Waals surface area contributed by atoms with E-state index in [0.717, 1.165) is 14.3 Å². The molecule has 0 heterocycles. The minimum Gasteiger partial charge on any atom is -0.743 e. The van der Waals surface area contributed by atoms with Crippen LogP contribution in [0.2, 0.25) is 0 Å². The van der Waals surface area contributed by atoms with Gasteiger partial charge in [0.2, 0.25) is 0 Å². The second-order valence-corrected chi connectivity index (χ2v) is 20.7. The molecule has 0 amide bonds. The quantitative estimate of drug-likeness (QED) is 0.0230. The molecule has 2 unspecified atom stereocenters. The summed E-state index contributed by atoms with van der Waals surface area (Å²) in [6, 6.07) is 6.65. The molecule has 2 rings (SSSR count). The fourth-order valence-electron chi connectivity index (χ4n) is 3.62. The zero-order valence-electron chi connectivity index (χ0n) is 29.0. The monoisotopic (exact) mass is 1730 g/mol. The first-order valence-electron chi connectivity index (χ1n) is 14.8. The van der Waals surface area contributed by atoms with Crippen LogP contribution in [0.5, 0.6) is 0 Å². The predicted octanol–water partition coefficient (Wildman–Crippen LogP) is 7.72. The summed E-state index contributed by atoms with van der Waals surface area (Å²) in [6.45, 7) is -0.919. The zero-order valence-corrected chi connectivity index (χ0v) is 48.0. The molecule has 340 valence electrons. The van der Waals surface area contributed by atoms with Crippen LogP contribution in [0, 0.1) is 21.4 Å². The molecule has 2 aromatic carbocycles. The number of halogens is 16. The van der Waals surface area contributed by atoms with E-state index in [2.05, 4.69) is 9.47 Å². The molecule has 0 aliphatic heterocycles. The molecule has 0 aliphatic rings. The molecule has 0 aliphatic carbocycles. The molecule has 61 heavy (non-hydrogen) atoms. The van der Waals surface area contributed by atoms with Gasteiger partial charge in [0.1, 0.15) is 0 Å². The van der Waals surface area contributed by atoms with Gasteiger partial charge in [0.05, 0.1) is 24.3 Å². The number of ether oxygens (including phenoxy) is 4. The summed E-state index contributed by atoms with van der Waals surface area (Å²) >= 11 is 11.7. The molecule has 2 atom stereocenters. The van der Waals surface area contributed by atoms with Crippen LogP contribution in [-0.2, 0) is 48.8 Å². The Morgan fingerprint density at radius 2 is 0.836 bits per heavy atom. The van der Waals surface area contributed by atoms with Gasteiger partial charge in [-0.15, -0.1) is 0 Å². The topological polar surface area (TPSA) is 220 Å². The van der Waals surface area contributed by atoms with Crippen molar-refractivity contribution in [1.29, 1.82) is 0 Å². The molecule has 0 fully saturated rings. The standard InChI is InChI=1S/2C14H10F5I3O7S.Ba/c2*15-13(16,17)12(14(18,19)30(25,26)27)29-9(23)2-1-3-28-11(24)7-4-6(20)5-8(21)10(7)22;/h2*4-5,12H,1-3H2,(H,25,26,27);/q;;+2/p-2. The number of rotatable bonds is 16. The number of alkyl halides is 10. The van der Waals surface area contributed by atoms with Gasteiger partial charge in [-0.1, -0.05) is 0 Å². The maximum atomic E-state index is 13.3. The normalized spacial score (nSPS) is 13.4. The second-order valence-electron chi connectivity index (χ2n) is 10.8. The van der Waals surface area contributed by atoms with Gasteiger partial charge < -0.3 is 28.1 Å². The van der Waals surface area contributed by atoms with Crippen LogP contribution < -0.4 is 0 Å². The summed E-state index contributed by atoms with van der Waals surface area (Å²) in [7, 11) is -13.5. The first kappa shape index (κ1) is 62.4. The number of hydrogen-bond acceptors (Lipinski definition) is 14. The van der Waals surface area contributed by atoms with Crippen molar-refractivity contribution in [2.24, 2.45) is 0 Å². The Morgan fingerprint density at radius 1 is 0.557 bits per heavy atom. The van der Waals surface area contributed by atoms with E-state index in [4.69, 9.17) is 9.47 Å². The second kappa shape index (κ2) is 25.7. The summed E-state index contributed by atoms with van der Waals surface area (Å²) in [5, 5.41) is -11.8. The minimum absolute atomic E-state index is 0. The Kier molecular flexibility index (Phi) is 26.3. The van der Waals surface area contributed by atoms with Crippen molar-refractivity contribution >= 4 is 229 Å². The summed E-state index contributed by atoms with van der Waals surface area (Å²) in [5.41, 5.74) is 0.429. The fourth-order valence-corrected chi connectivity index (χ4v) is 9.26. The zero-order chi connectivity index (χ0) is 47.0. The van der Waals surface area contributed by atoms with E-state index in [1.807, 2.05) is 136 Å². The molecular formula is C28H18BaF10I6O14S2. The van der Waals surface area contributed by atoms with Crippen molar-refractivity contribution in [3.05, 3.63) is 56.8 Å². The first-order valence-corrected chi connectivity index (χ1v) is 24.1. The Labute approximate surface area is 459 Å². The molecule has 0 radical (unpaired) electrons. The van der Waals surface area contributed by atoms with E-state index in [1.165, 1.54) is 12.1 Å². The summed E-state index contributed by atoms with van der Waals surface area (Å²) in [6.07, 6.45) is -23.6. The van der Waals surface area contributed by atoms with E-state index in [0.29, 0.717) is 7.14 Å². The van der Waals surface area contributed by atoms with Gasteiger partial charge in [0, 0.05) is 34.3 Å². The summed E-state index contributed by atoms with van der Waals surface area (Å²) in [5.74, 6) is -5.26. The van der Waals surface area contributed by atoms with Crippen LogP contribution in [0.1, 0.15) is 46.4 Å². The van der Waals surface area contributed by atoms with E-state index in [9.17, 15) is 89.0 Å². The molecule has 0 saturated carbocycles. The third kappa shape index (κ3) is 19.5. The average Bonchev–Trinajstić information content (AvgIpc) is 3.07. The van der Waals surface area contributed by atoms with Crippen molar-refractivity contribution in [2.45, 2.75) is 60.8 Å². The molecule has 0 N–H and O–H groups in total. The van der Waals surface area contributed by atoms with E-state index in [-0.39, 0.29) is 60.0 Å². The number of esters is 4. The molecule has 0 bridgehead atoms. The van der Waals surface area contributed by atoms with Gasteiger partial charge in [-0.2, -0.15) is 43.9 Å². The smallest absolute Gasteiger partial charge is 0.743 e. The average molecular weight is 1730 g/mol. The van der Waals surface area contributed by atoms with E-state index >= 15 is 0 Å². The van der Waals surface area contributed by atoms with Crippen LogP contribution in [0.3, 0.4) is 0 Å². The third-order valence-electron chi connectivity index (χ3n) is 6.31. The van der Waals surface area contributed by atoms with Gasteiger partial charge in [-0.25, -0.2) is 26.4 Å². The Hall–Kier alpha value is 1.39. The maximum absolute atomic E-state index is 13.3. The van der Waals surface area contributed by atoms with Gasteiger partial charge in [0.15, 0.2) is 20.2 Å². The summed E-state index contributed by atoms with van der Waals surface area (Å²) in [4.78, 5) is 47.0. The SMILES string of the molecule is O=C(CCCOC(=O)c1cc(I)cc(I)c1I)OC(C(F)(F)F)C(F)(F)S(=O)(=O)[O-].O=C(CCCOC(=O)c1cc(I)cc(I)c1I)OC(C(F)(F)F)C(F)(F)S(=O)(=O)[O-].[Ba+2]. The third-order valence-corrected chi connectivity index (χ3v) is 15.4. The first-order chi connectivity index (χ1) is 27.0. The largest absolute Gasteiger partial charge is 2.00 e. The Balaban J connectivity index is 0.00000116. The number of hydrogen-bond donors (Lipinski definition) is 0. The predicted molar refractivity (Wildman–Crippen MR) is 235 cm³/mol. The van der Waals surface area contributed by atoms with Gasteiger partial charge in [-0.3, -0.25) is 9.59 Å². The Morgan fingerprint density at radius 3 is 1.08 bits per heavy atom. The van der Waals surface area contributed by atoms with Gasteiger partial charge in [-0.05, 0) is 173 Å². The van der Waals surface area contributed by atoms with Crippen molar-refractivity contribution in [1.82, 2.24) is 0 Å². The minimum atomic E-state index is -6.76. The molecule has 2 aromatic rings. The van der Waals surface area contributed by atoms with Crippen molar-refractivity contribution < 1.29 is 108 Å². The van der Waals surface area contributed by atoms with E-state index in [1.54, 1.807) is 12.1 Å². The number of carbonyl (C=O) groups excluding carboxylic acids is 4. The van der Waals surface area contributed by atoms with Crippen LogP contribution in [0.25, 0.3) is 0 Å². The van der Waals surface area contributed by atoms with Crippen molar-refractivity contribution in [3.63, 3.8) is 0 Å². The maximum Gasteiger partial charge on any atom is 2.00 e. The van der Waals surface area contributed by atoms with Crippen LogP contribution in [-0.4, -0.2) is 147 Å². The number of carbonyl (C=O) groups is 4. The molecular weight excluding hydrogens is 1710 g/mol. The molecule has 0 aromatic heterocycles. The van der Waals surface area contributed by atoms with Crippen LogP contribution >= 0.6 is 136 Å². The molecule has 0 spiro atoms. The number of benzene rings is 2. The van der Waals surface area contributed by atoms with Gasteiger partial charge >= 0.3 is 95.6 Å². The molecule has 0 saturated heterocycles.